The molecule has 0 aliphatic carbocycles. The van der Waals surface area contributed by atoms with Crippen molar-refractivity contribution in [2.24, 2.45) is 5.41 Å². The molecule has 0 aromatic heterocycles. The summed E-state index contributed by atoms with van der Waals surface area (Å²) in [4.78, 5) is 10.2. The van der Waals surface area contributed by atoms with Gasteiger partial charge < -0.3 is 15.2 Å². The van der Waals surface area contributed by atoms with Crippen LogP contribution in [0.1, 0.15) is 18.4 Å². The summed E-state index contributed by atoms with van der Waals surface area (Å²) >= 11 is 0. The minimum Gasteiger partial charge on any atom is -0.396 e. The summed E-state index contributed by atoms with van der Waals surface area (Å²) in [6.45, 7) is 3.04. The van der Waals surface area contributed by atoms with Gasteiger partial charge >= 0.3 is 0 Å². The Bertz CT molecular complexity index is 441. The van der Waals surface area contributed by atoms with Crippen molar-refractivity contribution in [2.75, 3.05) is 26.4 Å². The summed E-state index contributed by atoms with van der Waals surface area (Å²) in [6.07, 6.45) is 1.70. The SMILES string of the molecule is O=[N+]([O-])c1ccc(CNCC2(CCO)CCOC2)cc1. The Hall–Kier alpha value is -1.50. The van der Waals surface area contributed by atoms with Gasteiger partial charge in [-0.05, 0) is 18.4 Å². The molecule has 2 N–H and O–H groups in total. The molecule has 1 fully saturated rings. The second kappa shape index (κ2) is 6.78. The molecular weight excluding hydrogens is 260 g/mol. The van der Waals surface area contributed by atoms with Gasteiger partial charge in [-0.3, -0.25) is 10.1 Å². The first-order valence-electron chi connectivity index (χ1n) is 6.78. The van der Waals surface area contributed by atoms with Crippen LogP contribution in [0.5, 0.6) is 0 Å². The molecule has 1 aromatic rings. The maximum atomic E-state index is 10.6. The van der Waals surface area contributed by atoms with Gasteiger partial charge in [0.1, 0.15) is 0 Å². The van der Waals surface area contributed by atoms with Crippen LogP contribution < -0.4 is 5.32 Å². The van der Waals surface area contributed by atoms with Crippen LogP contribution in [-0.2, 0) is 11.3 Å². The van der Waals surface area contributed by atoms with E-state index in [4.69, 9.17) is 9.84 Å². The number of rotatable bonds is 7. The molecule has 0 radical (unpaired) electrons. The Morgan fingerprint density at radius 3 is 2.70 bits per heavy atom. The Morgan fingerprint density at radius 1 is 1.40 bits per heavy atom. The molecule has 1 aliphatic rings. The van der Waals surface area contributed by atoms with E-state index in [1.165, 1.54) is 12.1 Å². The molecular formula is C14H20N2O4. The summed E-state index contributed by atoms with van der Waals surface area (Å²) < 4.78 is 5.43. The molecule has 110 valence electrons. The third-order valence-corrected chi connectivity index (χ3v) is 3.80. The Morgan fingerprint density at radius 2 is 2.15 bits per heavy atom. The number of nitro groups is 1. The number of hydrogen-bond acceptors (Lipinski definition) is 5. The van der Waals surface area contributed by atoms with Crippen molar-refractivity contribution in [3.05, 3.63) is 39.9 Å². The van der Waals surface area contributed by atoms with Gasteiger partial charge in [0.05, 0.1) is 11.5 Å². The molecule has 1 atom stereocenters. The van der Waals surface area contributed by atoms with Crippen LogP contribution in [0.4, 0.5) is 5.69 Å². The lowest BCUT2D eigenvalue weighted by atomic mass is 9.84. The zero-order valence-corrected chi connectivity index (χ0v) is 11.4. The number of nitrogens with zero attached hydrogens (tertiary/aromatic N) is 1. The highest BCUT2D eigenvalue weighted by atomic mass is 16.6. The largest absolute Gasteiger partial charge is 0.396 e. The fraction of sp³-hybridized carbons (Fsp3) is 0.571. The molecule has 1 heterocycles. The number of aliphatic hydroxyl groups excluding tert-OH is 1. The van der Waals surface area contributed by atoms with Gasteiger partial charge in [-0.25, -0.2) is 0 Å². The number of nitro benzene ring substituents is 1. The van der Waals surface area contributed by atoms with E-state index in [0.29, 0.717) is 13.2 Å². The summed E-state index contributed by atoms with van der Waals surface area (Å²) in [6, 6.07) is 6.54. The Labute approximate surface area is 117 Å². The van der Waals surface area contributed by atoms with Gasteiger partial charge in [0.25, 0.3) is 5.69 Å². The number of hydrogen-bond donors (Lipinski definition) is 2. The maximum absolute atomic E-state index is 10.6. The van der Waals surface area contributed by atoms with Gasteiger partial charge in [0.15, 0.2) is 0 Å². The van der Waals surface area contributed by atoms with E-state index in [1.54, 1.807) is 12.1 Å². The molecule has 6 heteroatoms. The van der Waals surface area contributed by atoms with Crippen molar-refractivity contribution in [3.8, 4) is 0 Å². The van der Waals surface area contributed by atoms with Crippen molar-refractivity contribution in [1.29, 1.82) is 0 Å². The average Bonchev–Trinajstić information content (AvgIpc) is 2.88. The van der Waals surface area contributed by atoms with E-state index in [-0.39, 0.29) is 17.7 Å². The van der Waals surface area contributed by atoms with Crippen LogP contribution in [-0.4, -0.2) is 36.4 Å². The van der Waals surface area contributed by atoms with Crippen molar-refractivity contribution < 1.29 is 14.8 Å². The quantitative estimate of drug-likeness (QED) is 0.583. The predicted molar refractivity (Wildman–Crippen MR) is 74.4 cm³/mol. The molecule has 6 nitrogen and oxygen atoms in total. The van der Waals surface area contributed by atoms with E-state index in [1.807, 2.05) is 0 Å². The average molecular weight is 280 g/mol. The first kappa shape index (κ1) is 14.9. The minimum absolute atomic E-state index is 0.0233. The lowest BCUT2D eigenvalue weighted by molar-refractivity contribution is -0.384. The van der Waals surface area contributed by atoms with Crippen LogP contribution >= 0.6 is 0 Å². The van der Waals surface area contributed by atoms with Crippen LogP contribution in [0.15, 0.2) is 24.3 Å². The monoisotopic (exact) mass is 280 g/mol. The fourth-order valence-electron chi connectivity index (χ4n) is 2.52. The molecule has 2 rings (SSSR count). The third-order valence-electron chi connectivity index (χ3n) is 3.80. The lowest BCUT2D eigenvalue weighted by Crippen LogP contribution is -2.35. The van der Waals surface area contributed by atoms with Gasteiger partial charge in [-0.15, -0.1) is 0 Å². The molecule has 0 amide bonds. The van der Waals surface area contributed by atoms with Gasteiger partial charge in [0, 0.05) is 43.9 Å². The molecule has 1 aromatic carbocycles. The van der Waals surface area contributed by atoms with Gasteiger partial charge in [0.2, 0.25) is 0 Å². The summed E-state index contributed by atoms with van der Waals surface area (Å²) in [5.41, 5.74) is 1.14. The molecule has 1 aliphatic heterocycles. The molecule has 0 saturated carbocycles. The zero-order chi connectivity index (χ0) is 14.4. The molecule has 1 unspecified atom stereocenters. The lowest BCUT2D eigenvalue weighted by Gasteiger charge is -2.26. The van der Waals surface area contributed by atoms with Crippen molar-refractivity contribution in [3.63, 3.8) is 0 Å². The predicted octanol–water partition coefficient (Wildman–Crippen LogP) is 1.47. The van der Waals surface area contributed by atoms with Gasteiger partial charge in [-0.2, -0.15) is 0 Å². The number of aliphatic hydroxyl groups is 1. The summed E-state index contributed by atoms with van der Waals surface area (Å²) in [7, 11) is 0. The standard InChI is InChI=1S/C14H20N2O4/c17-7-5-14(6-8-20-11-14)10-15-9-12-1-3-13(4-2-12)16(18)19/h1-4,15,17H,5-11H2. The maximum Gasteiger partial charge on any atom is 0.269 e. The zero-order valence-electron chi connectivity index (χ0n) is 11.4. The topological polar surface area (TPSA) is 84.6 Å². The highest BCUT2D eigenvalue weighted by Gasteiger charge is 2.33. The van der Waals surface area contributed by atoms with Gasteiger partial charge in [-0.1, -0.05) is 12.1 Å². The van der Waals surface area contributed by atoms with E-state index < -0.39 is 4.92 Å². The molecule has 0 spiro atoms. The highest BCUT2D eigenvalue weighted by molar-refractivity contribution is 5.32. The normalized spacial score (nSPS) is 22.1. The van der Waals surface area contributed by atoms with E-state index in [0.717, 1.165) is 31.6 Å². The number of ether oxygens (including phenoxy) is 1. The molecule has 20 heavy (non-hydrogen) atoms. The van der Waals surface area contributed by atoms with Crippen molar-refractivity contribution in [2.45, 2.75) is 19.4 Å². The van der Waals surface area contributed by atoms with E-state index in [9.17, 15) is 10.1 Å². The Balaban J connectivity index is 1.84. The molecule has 0 bridgehead atoms. The highest BCUT2D eigenvalue weighted by Crippen LogP contribution is 2.31. The van der Waals surface area contributed by atoms with Crippen LogP contribution in [0.2, 0.25) is 0 Å². The van der Waals surface area contributed by atoms with Crippen molar-refractivity contribution >= 4 is 5.69 Å². The third kappa shape index (κ3) is 3.75. The molecule has 1 saturated heterocycles. The fourth-order valence-corrected chi connectivity index (χ4v) is 2.52. The van der Waals surface area contributed by atoms with E-state index in [2.05, 4.69) is 5.32 Å². The van der Waals surface area contributed by atoms with Crippen LogP contribution in [0.3, 0.4) is 0 Å². The second-order valence-corrected chi connectivity index (χ2v) is 5.30. The Kier molecular flexibility index (Phi) is 5.05. The first-order chi connectivity index (χ1) is 9.65. The summed E-state index contributed by atoms with van der Waals surface area (Å²) in [5.74, 6) is 0. The number of benzene rings is 1. The van der Waals surface area contributed by atoms with E-state index >= 15 is 0 Å². The second-order valence-electron chi connectivity index (χ2n) is 5.30. The first-order valence-corrected chi connectivity index (χ1v) is 6.78. The number of nitrogens with one attached hydrogen (secondary N) is 1. The van der Waals surface area contributed by atoms with Crippen LogP contribution in [0.25, 0.3) is 0 Å². The van der Waals surface area contributed by atoms with Crippen LogP contribution in [0, 0.1) is 15.5 Å². The minimum atomic E-state index is -0.399. The van der Waals surface area contributed by atoms with Crippen molar-refractivity contribution in [1.82, 2.24) is 5.32 Å². The summed E-state index contributed by atoms with van der Waals surface area (Å²) in [5, 5.41) is 23.1. The smallest absolute Gasteiger partial charge is 0.269 e. The number of non-ortho nitro benzene ring substituents is 1.